The number of carbonyl (C=O) groups is 7. The predicted molar refractivity (Wildman–Crippen MR) is 426 cm³/mol. The molecule has 33 heteroatoms. The Kier molecular flexibility index (Phi) is 29.4. The highest BCUT2D eigenvalue weighted by molar-refractivity contribution is 7.86. The molecule has 0 spiro atoms. The lowest BCUT2D eigenvalue weighted by molar-refractivity contribution is -0.438. The number of aliphatic carboxylic acids is 3. The second-order valence-electron chi connectivity index (χ2n) is 29.7. The molecular weight excluding hydrogens is 1560 g/mol. The van der Waals surface area contributed by atoms with Gasteiger partial charge in [-0.05, 0) is 201 Å². The fraction of sp³-hybridized carbons (Fsp3) is 0.407. The van der Waals surface area contributed by atoms with Crippen LogP contribution >= 0.6 is 0 Å². The summed E-state index contributed by atoms with van der Waals surface area (Å²) >= 11 is 0. The van der Waals surface area contributed by atoms with E-state index in [2.05, 4.69) is 16.0 Å². The highest BCUT2D eigenvalue weighted by atomic mass is 32.2. The average molecular weight is 1650 g/mol. The van der Waals surface area contributed by atoms with Crippen LogP contribution in [0.25, 0.3) is 21.5 Å². The minimum Gasteiger partial charge on any atom is -0.481 e. The topological polar surface area (TPSA) is 458 Å². The first-order valence-electron chi connectivity index (χ1n) is 37.4. The van der Waals surface area contributed by atoms with Crippen LogP contribution in [0.5, 0.6) is 5.75 Å². The summed E-state index contributed by atoms with van der Waals surface area (Å²) in [6, 6.07) is 28.3. The van der Waals surface area contributed by atoms with E-state index in [1.807, 2.05) is 85.7 Å². The Morgan fingerprint density at radius 1 is 0.588 bits per heavy atom. The zero-order valence-electron chi connectivity index (χ0n) is 63.6. The molecule has 1 aliphatic carbocycles. The molecule has 612 valence electrons. The predicted octanol–water partition coefficient (Wildman–Crippen LogP) is 11.0. The van der Waals surface area contributed by atoms with Crippen LogP contribution < -0.4 is 25.6 Å². The Hall–Kier alpha value is -9.84. The molecule has 6 aromatic rings. The van der Waals surface area contributed by atoms with Crippen LogP contribution in [-0.4, -0.2) is 175 Å². The second-order valence-corrected chi connectivity index (χ2v) is 35.7. The van der Waals surface area contributed by atoms with Crippen LogP contribution in [0.1, 0.15) is 146 Å². The van der Waals surface area contributed by atoms with Gasteiger partial charge in [0.1, 0.15) is 29.9 Å². The van der Waals surface area contributed by atoms with Crippen molar-refractivity contribution in [2.75, 3.05) is 49.3 Å². The summed E-state index contributed by atoms with van der Waals surface area (Å²) in [5, 5.41) is 38.8. The number of anilines is 1. The number of urea groups is 1. The molecule has 10 N–H and O–H groups in total. The molecule has 0 radical (unpaired) electrons. The number of carboxylic acid groups (broad SMARTS) is 3. The third-order valence-electron chi connectivity index (χ3n) is 20.5. The molecule has 3 atom stereocenters. The van der Waals surface area contributed by atoms with Gasteiger partial charge in [-0.15, -0.1) is 0 Å². The number of carbonyl (C=O) groups excluding carboxylic acids is 4. The normalized spacial score (nSPS) is 16.4. The van der Waals surface area contributed by atoms with Crippen molar-refractivity contribution in [2.24, 2.45) is 5.92 Å². The van der Waals surface area contributed by atoms with Crippen LogP contribution in [0.2, 0.25) is 0 Å². The number of ether oxygens (including phenoxy) is 2. The Bertz CT molecular complexity index is 5310. The van der Waals surface area contributed by atoms with Gasteiger partial charge >= 0.3 is 23.9 Å². The quantitative estimate of drug-likeness (QED) is 0.00966. The third kappa shape index (κ3) is 24.4. The SMILES string of the molecule is CC1(C)C(/C=C/C2=C(Oc3ccc(C[C@H](CC(=O)[C@H](Cc4ccccc4)NC(=O)CCOCCCC(=O)CC[C@H](NC(=O)NCCCC(=O)O)C(=O)O)C(=O)O)cc3)C(=C/C=C3/N(CCCCS(=O)(=O)O)c4cc5cc(S(=O)(=O)O)ccc5cc4C3(C)C)/CCC2)=[N+](CCCCS(=O)(=O)O)c2cc3cc(S(=O)(=O)O)ccc3cc21. The smallest absolute Gasteiger partial charge is 0.326 e. The van der Waals surface area contributed by atoms with Crippen molar-refractivity contribution in [3.8, 4) is 5.75 Å². The monoisotopic (exact) mass is 1650 g/mol. The molecule has 0 unspecified atom stereocenters. The van der Waals surface area contributed by atoms with E-state index in [0.717, 1.165) is 33.7 Å². The molecule has 114 heavy (non-hydrogen) atoms. The first kappa shape index (κ1) is 88.1. The van der Waals surface area contributed by atoms with Crippen molar-refractivity contribution in [1.82, 2.24) is 16.0 Å². The van der Waals surface area contributed by atoms with Crippen LogP contribution in [0, 0.1) is 5.92 Å². The number of rotatable bonds is 42. The number of carboxylic acids is 3. The maximum atomic E-state index is 14.4. The maximum absolute atomic E-state index is 14.4. The lowest BCUT2D eigenvalue weighted by atomic mass is 9.80. The minimum absolute atomic E-state index is 0.00177. The Labute approximate surface area is 662 Å². The molecule has 0 aromatic heterocycles. The lowest BCUT2D eigenvalue weighted by Crippen LogP contribution is -2.46. The number of nitrogens with one attached hydrogen (secondary N) is 3. The van der Waals surface area contributed by atoms with E-state index < -0.39 is 123 Å². The first-order chi connectivity index (χ1) is 53.6. The Morgan fingerprint density at radius 2 is 1.22 bits per heavy atom. The van der Waals surface area contributed by atoms with Gasteiger partial charge in [-0.2, -0.15) is 38.2 Å². The molecule has 6 aromatic carbocycles. The van der Waals surface area contributed by atoms with Crippen LogP contribution in [0.4, 0.5) is 16.2 Å². The number of hydrogen-bond acceptors (Lipinski definition) is 18. The van der Waals surface area contributed by atoms with Gasteiger partial charge in [0.25, 0.3) is 40.5 Å². The number of Topliss-reactive ketones (excluding diaryl/α,β-unsaturated/α-hetero) is 2. The van der Waals surface area contributed by atoms with E-state index in [1.165, 1.54) is 24.3 Å². The number of hydrogen-bond donors (Lipinski definition) is 10. The summed E-state index contributed by atoms with van der Waals surface area (Å²) in [6.45, 7) is 8.54. The van der Waals surface area contributed by atoms with Gasteiger partial charge in [0.2, 0.25) is 11.6 Å². The molecule has 0 saturated heterocycles. The van der Waals surface area contributed by atoms with Crippen LogP contribution in [0.15, 0.2) is 172 Å². The average Bonchev–Trinajstić information content (AvgIpc) is 1.58. The highest BCUT2D eigenvalue weighted by Gasteiger charge is 2.45. The number of allylic oxidation sites excluding steroid dienone is 7. The van der Waals surface area contributed by atoms with E-state index in [4.69, 9.17) is 14.6 Å². The first-order valence-corrected chi connectivity index (χ1v) is 43.5. The van der Waals surface area contributed by atoms with Gasteiger partial charge in [-0.25, -0.2) is 9.59 Å². The van der Waals surface area contributed by atoms with E-state index in [-0.39, 0.29) is 119 Å². The van der Waals surface area contributed by atoms with Crippen molar-refractivity contribution < 1.29 is 115 Å². The zero-order chi connectivity index (χ0) is 83.1. The molecule has 29 nitrogen and oxygen atoms in total. The molecule has 3 amide bonds. The largest absolute Gasteiger partial charge is 0.481 e. The van der Waals surface area contributed by atoms with E-state index in [1.54, 1.807) is 66.7 Å². The fourth-order valence-corrected chi connectivity index (χ4v) is 16.6. The number of nitrogens with zero attached hydrogens (tertiary/aromatic N) is 2. The van der Waals surface area contributed by atoms with E-state index in [9.17, 15) is 95.7 Å². The summed E-state index contributed by atoms with van der Waals surface area (Å²) < 4.78 is 151. The standard InChI is InChI=1S/C81H95N5O24S4/c1-80(2)65-47-56-23-30-63(113(103,104)105)45-58(56)49-69(65)85(37-8-10-41-111(97,98)99)72(80)33-25-54-17-12-18-55(26-34-73-81(3,4)66-48-57-24-31-64(114(106,107)108)46-59(57)50-70(66)86(73)38-9-11-42-112(100,101)102)76(54)110-62-28-21-53(22-29-62)43-60(77(92)93)51-71(88)68(44-52-15-6-5-7-16-52)83-74(89)35-40-109-39-14-19-61(87)27-32-67(78(94)95)84-79(96)82-36-13-20-75(90)91/h5-7,15-16,21-26,28-31,33-34,45-50,60,67-68H,8-14,17-20,27,32,35-44,51H2,1-4H3,(H9-,82,83,84,89,90,91,92,93,94,95,96,97,98,99,100,101,102,103,104,105,106,107,108)/p+1/t60-,67+,68+/m1/s1. The fourth-order valence-electron chi connectivity index (χ4n) is 14.5. The molecule has 2 aliphatic heterocycles. The molecule has 0 saturated carbocycles. The second kappa shape index (κ2) is 38.1. The molecule has 0 fully saturated rings. The van der Waals surface area contributed by atoms with Gasteiger partial charge < -0.3 is 45.6 Å². The maximum Gasteiger partial charge on any atom is 0.326 e. The van der Waals surface area contributed by atoms with Crippen molar-refractivity contribution in [3.05, 3.63) is 184 Å². The zero-order valence-corrected chi connectivity index (χ0v) is 66.8. The summed E-state index contributed by atoms with van der Waals surface area (Å²) in [4.78, 5) is 89.7. The third-order valence-corrected chi connectivity index (χ3v) is 23.8. The molecule has 9 rings (SSSR count). The van der Waals surface area contributed by atoms with Gasteiger partial charge in [-0.1, -0.05) is 74.5 Å². The Morgan fingerprint density at radius 3 is 1.84 bits per heavy atom. The van der Waals surface area contributed by atoms with Gasteiger partial charge in [0.05, 0.1) is 45.3 Å². The molecule has 2 heterocycles. The molecule has 0 bridgehead atoms. The van der Waals surface area contributed by atoms with Crippen LogP contribution in [-0.2, 0) is 97.6 Å². The van der Waals surface area contributed by atoms with Gasteiger partial charge in [0.15, 0.2) is 11.5 Å². The lowest BCUT2D eigenvalue weighted by Gasteiger charge is -2.27. The van der Waals surface area contributed by atoms with Crippen molar-refractivity contribution in [2.45, 2.75) is 170 Å². The van der Waals surface area contributed by atoms with Crippen LogP contribution in [0.3, 0.4) is 0 Å². The van der Waals surface area contributed by atoms with Gasteiger partial charge in [0, 0.05) is 92.7 Å². The Balaban J connectivity index is 0.981. The number of fused-ring (bicyclic) bond motifs is 4. The van der Waals surface area contributed by atoms with Crippen molar-refractivity contribution in [3.63, 3.8) is 0 Å². The van der Waals surface area contributed by atoms with Gasteiger partial charge in [-0.3, -0.25) is 42.2 Å². The van der Waals surface area contributed by atoms with Crippen molar-refractivity contribution >= 4 is 121 Å². The summed E-state index contributed by atoms with van der Waals surface area (Å²) in [5.74, 6) is -6.55. The summed E-state index contributed by atoms with van der Waals surface area (Å²) in [5.41, 5.74) is 5.79. The summed E-state index contributed by atoms with van der Waals surface area (Å²) in [7, 11) is -17.8. The van der Waals surface area contributed by atoms with Crippen molar-refractivity contribution in [1.29, 1.82) is 0 Å². The summed E-state index contributed by atoms with van der Waals surface area (Å²) in [6.07, 6.45) is 9.22. The molecule has 3 aliphatic rings. The van der Waals surface area contributed by atoms with E-state index >= 15 is 0 Å². The number of amides is 3. The van der Waals surface area contributed by atoms with E-state index in [0.29, 0.717) is 87.7 Å². The minimum atomic E-state index is -4.59. The number of ketones is 2. The number of unbranched alkanes of at least 4 members (excludes halogenated alkanes) is 2. The number of benzene rings is 6. The molecular formula is C81H96N5O24S4+. The highest BCUT2D eigenvalue weighted by Crippen LogP contribution is 2.50.